The highest BCUT2D eigenvalue weighted by atomic mass is 16.6. The molecule has 3 heteroatoms. The minimum atomic E-state index is 0.313. The first-order chi connectivity index (χ1) is 6.81. The molecule has 1 aliphatic heterocycles. The van der Waals surface area contributed by atoms with Gasteiger partial charge in [-0.05, 0) is 19.1 Å². The molecule has 1 aromatic rings. The zero-order valence-electron chi connectivity index (χ0n) is 8.54. The Morgan fingerprint density at radius 1 is 1.57 bits per heavy atom. The van der Waals surface area contributed by atoms with E-state index >= 15 is 0 Å². The van der Waals surface area contributed by atoms with E-state index in [2.05, 4.69) is 12.2 Å². The minimum absolute atomic E-state index is 0.313. The largest absolute Gasteiger partial charge is 0.490 e. The number of hydrogen-bond acceptors (Lipinski definition) is 3. The summed E-state index contributed by atoms with van der Waals surface area (Å²) in [7, 11) is 1.91. The molecule has 76 valence electrons. The Morgan fingerprint density at radius 2 is 2.36 bits per heavy atom. The van der Waals surface area contributed by atoms with Crippen molar-refractivity contribution in [2.75, 3.05) is 25.6 Å². The molecule has 0 aliphatic carbocycles. The molecule has 0 unspecified atom stereocenters. The summed E-state index contributed by atoms with van der Waals surface area (Å²) in [5.41, 5.74) is 2.26. The van der Waals surface area contributed by atoms with Crippen molar-refractivity contribution in [1.82, 2.24) is 0 Å². The third-order valence-electron chi connectivity index (χ3n) is 2.38. The molecular formula is C11H15NO2. The van der Waals surface area contributed by atoms with Crippen LogP contribution in [0.5, 0.6) is 5.75 Å². The maximum Gasteiger partial charge on any atom is 0.124 e. The van der Waals surface area contributed by atoms with Crippen LogP contribution >= 0.6 is 0 Å². The molecule has 3 nitrogen and oxygen atoms in total. The first-order valence-electron chi connectivity index (χ1n) is 4.83. The van der Waals surface area contributed by atoms with E-state index in [1.165, 1.54) is 0 Å². The summed E-state index contributed by atoms with van der Waals surface area (Å²) in [6.45, 7) is 3.55. The molecule has 0 bridgehead atoms. The lowest BCUT2D eigenvalue weighted by molar-refractivity contribution is 0.262. The lowest BCUT2D eigenvalue weighted by atomic mass is 10.2. The van der Waals surface area contributed by atoms with E-state index in [0.717, 1.165) is 23.6 Å². The van der Waals surface area contributed by atoms with E-state index in [1.54, 1.807) is 0 Å². The van der Waals surface area contributed by atoms with Gasteiger partial charge in [-0.15, -0.1) is 0 Å². The normalized spacial score (nSPS) is 19.1. The van der Waals surface area contributed by atoms with Gasteiger partial charge in [0.2, 0.25) is 0 Å². The fraction of sp³-hybridized carbons (Fsp3) is 0.455. The van der Waals surface area contributed by atoms with Gasteiger partial charge in [-0.25, -0.2) is 0 Å². The number of benzene rings is 1. The Morgan fingerprint density at radius 3 is 3.00 bits per heavy atom. The van der Waals surface area contributed by atoms with Crippen molar-refractivity contribution >= 4 is 5.69 Å². The van der Waals surface area contributed by atoms with Gasteiger partial charge in [-0.2, -0.15) is 0 Å². The molecule has 1 heterocycles. The van der Waals surface area contributed by atoms with Crippen LogP contribution in [0.4, 0.5) is 5.69 Å². The van der Waals surface area contributed by atoms with Gasteiger partial charge in [0.15, 0.2) is 0 Å². The van der Waals surface area contributed by atoms with Crippen LogP contribution in [0, 0.1) is 6.92 Å². The maximum absolute atomic E-state index is 5.64. The predicted octanol–water partition coefficient (Wildman–Crippen LogP) is 1.81. The third-order valence-corrected chi connectivity index (χ3v) is 2.38. The molecule has 1 aliphatic rings. The Labute approximate surface area is 84.0 Å². The van der Waals surface area contributed by atoms with E-state index in [-0.39, 0.29) is 0 Å². The monoisotopic (exact) mass is 193 g/mol. The quantitative estimate of drug-likeness (QED) is 0.740. The summed E-state index contributed by atoms with van der Waals surface area (Å²) >= 11 is 0. The molecular weight excluding hydrogens is 178 g/mol. The molecule has 1 atom stereocenters. The number of ether oxygens (including phenoxy) is 2. The van der Waals surface area contributed by atoms with E-state index in [1.807, 2.05) is 25.2 Å². The van der Waals surface area contributed by atoms with Gasteiger partial charge in [0.05, 0.1) is 6.61 Å². The molecule has 0 radical (unpaired) electrons. The van der Waals surface area contributed by atoms with Gasteiger partial charge in [-0.1, -0.05) is 6.07 Å². The van der Waals surface area contributed by atoms with Crippen molar-refractivity contribution in [1.29, 1.82) is 0 Å². The van der Waals surface area contributed by atoms with Gasteiger partial charge in [0, 0.05) is 18.3 Å². The van der Waals surface area contributed by atoms with Crippen molar-refractivity contribution in [3.05, 3.63) is 23.8 Å². The number of hydrogen-bond donors (Lipinski definition) is 1. The second-order valence-electron chi connectivity index (χ2n) is 3.45. The summed E-state index contributed by atoms with van der Waals surface area (Å²) in [6, 6.07) is 6.01. The lowest BCUT2D eigenvalue weighted by Crippen LogP contribution is -2.05. The molecule has 1 aromatic carbocycles. The van der Waals surface area contributed by atoms with Crippen molar-refractivity contribution < 1.29 is 9.47 Å². The van der Waals surface area contributed by atoms with Crippen LogP contribution in [0.25, 0.3) is 0 Å². The molecule has 0 aromatic heterocycles. The lowest BCUT2D eigenvalue weighted by Gasteiger charge is -2.11. The van der Waals surface area contributed by atoms with Crippen molar-refractivity contribution in [2.24, 2.45) is 0 Å². The smallest absolute Gasteiger partial charge is 0.124 e. The second-order valence-corrected chi connectivity index (χ2v) is 3.45. The van der Waals surface area contributed by atoms with Crippen LogP contribution in [-0.2, 0) is 4.74 Å². The van der Waals surface area contributed by atoms with Gasteiger partial charge < -0.3 is 14.8 Å². The highest BCUT2D eigenvalue weighted by Crippen LogP contribution is 2.25. The number of epoxide rings is 1. The summed E-state index contributed by atoms with van der Waals surface area (Å²) < 4.78 is 10.7. The average Bonchev–Trinajstić information content (AvgIpc) is 3.00. The first-order valence-corrected chi connectivity index (χ1v) is 4.83. The molecule has 1 saturated heterocycles. The van der Waals surface area contributed by atoms with E-state index in [0.29, 0.717) is 12.7 Å². The van der Waals surface area contributed by atoms with Crippen LogP contribution in [0.3, 0.4) is 0 Å². The maximum atomic E-state index is 5.64. The van der Waals surface area contributed by atoms with Gasteiger partial charge >= 0.3 is 0 Å². The highest BCUT2D eigenvalue weighted by Gasteiger charge is 2.23. The Balaban J connectivity index is 2.06. The van der Waals surface area contributed by atoms with Gasteiger partial charge in [0.25, 0.3) is 0 Å². The fourth-order valence-electron chi connectivity index (χ4n) is 1.39. The topological polar surface area (TPSA) is 33.8 Å². The Hall–Kier alpha value is -1.22. The van der Waals surface area contributed by atoms with Crippen molar-refractivity contribution in [3.8, 4) is 5.75 Å². The summed E-state index contributed by atoms with van der Waals surface area (Å²) in [6.07, 6.45) is 0.313. The van der Waals surface area contributed by atoms with Crippen molar-refractivity contribution in [2.45, 2.75) is 13.0 Å². The summed E-state index contributed by atoms with van der Waals surface area (Å²) in [5, 5.41) is 3.13. The minimum Gasteiger partial charge on any atom is -0.490 e. The fourth-order valence-corrected chi connectivity index (χ4v) is 1.39. The molecule has 0 amide bonds. The molecule has 2 rings (SSSR count). The zero-order valence-corrected chi connectivity index (χ0v) is 8.54. The SMILES string of the molecule is CNc1cccc(OC[C@H]2CO2)c1C. The standard InChI is InChI=1S/C11H15NO2/c1-8-10(12-2)4-3-5-11(8)14-7-9-6-13-9/h3-5,9,12H,6-7H2,1-2H3/t9-/m1/s1. The van der Waals surface area contributed by atoms with Gasteiger partial charge in [-0.3, -0.25) is 0 Å². The Kier molecular flexibility index (Phi) is 2.59. The van der Waals surface area contributed by atoms with E-state index in [4.69, 9.17) is 9.47 Å². The molecule has 0 spiro atoms. The van der Waals surface area contributed by atoms with Gasteiger partial charge in [0.1, 0.15) is 18.5 Å². The van der Waals surface area contributed by atoms with E-state index < -0.39 is 0 Å². The van der Waals surface area contributed by atoms with Crippen LogP contribution < -0.4 is 10.1 Å². The summed E-state index contributed by atoms with van der Waals surface area (Å²) in [5.74, 6) is 0.937. The first kappa shape index (κ1) is 9.34. The number of nitrogens with one attached hydrogen (secondary N) is 1. The number of rotatable bonds is 4. The number of anilines is 1. The predicted molar refractivity (Wildman–Crippen MR) is 56.0 cm³/mol. The van der Waals surface area contributed by atoms with Crippen LogP contribution in [-0.4, -0.2) is 26.4 Å². The molecule has 1 N–H and O–H groups in total. The van der Waals surface area contributed by atoms with Crippen LogP contribution in [0.15, 0.2) is 18.2 Å². The zero-order chi connectivity index (χ0) is 9.97. The molecule has 14 heavy (non-hydrogen) atoms. The molecule has 1 fully saturated rings. The molecule has 0 saturated carbocycles. The Bertz CT molecular complexity index is 321. The van der Waals surface area contributed by atoms with Crippen molar-refractivity contribution in [3.63, 3.8) is 0 Å². The highest BCUT2D eigenvalue weighted by molar-refractivity contribution is 5.56. The average molecular weight is 193 g/mol. The van der Waals surface area contributed by atoms with E-state index in [9.17, 15) is 0 Å². The summed E-state index contributed by atoms with van der Waals surface area (Å²) in [4.78, 5) is 0. The van der Waals surface area contributed by atoms with Crippen LogP contribution in [0.2, 0.25) is 0 Å². The third kappa shape index (κ3) is 1.99. The van der Waals surface area contributed by atoms with Crippen LogP contribution in [0.1, 0.15) is 5.56 Å². The second kappa shape index (κ2) is 3.88.